The van der Waals surface area contributed by atoms with Gasteiger partial charge in [-0.2, -0.15) is 0 Å². The van der Waals surface area contributed by atoms with Crippen LogP contribution in [-0.2, 0) is 15.9 Å². The summed E-state index contributed by atoms with van der Waals surface area (Å²) < 4.78 is 10.9. The number of methoxy groups -OCH3 is 1. The third-order valence-electron chi connectivity index (χ3n) is 4.38. The lowest BCUT2D eigenvalue weighted by atomic mass is 9.71. The average molecular weight is 293 g/mol. The molecule has 0 bridgehead atoms. The molecule has 1 saturated carbocycles. The maximum absolute atomic E-state index is 11.4. The van der Waals surface area contributed by atoms with Crippen molar-refractivity contribution < 1.29 is 19.4 Å². The number of benzene rings is 1. The van der Waals surface area contributed by atoms with Crippen molar-refractivity contribution in [3.63, 3.8) is 0 Å². The number of amides is 1. The molecule has 21 heavy (non-hydrogen) atoms. The molecule has 0 aromatic heterocycles. The van der Waals surface area contributed by atoms with Crippen LogP contribution in [0.2, 0.25) is 0 Å². The van der Waals surface area contributed by atoms with Crippen LogP contribution in [0.1, 0.15) is 24.8 Å². The smallest absolute Gasteiger partial charge is 0.405 e. The molecule has 1 aliphatic carbocycles. The topological polar surface area (TPSA) is 81.8 Å². The lowest BCUT2D eigenvalue weighted by Crippen LogP contribution is -2.52. The molecule has 1 aromatic rings. The summed E-state index contributed by atoms with van der Waals surface area (Å²) in [6, 6.07) is 9.81. The van der Waals surface area contributed by atoms with E-state index in [2.05, 4.69) is 0 Å². The highest BCUT2D eigenvalue weighted by molar-refractivity contribution is 5.65. The molecule has 0 heterocycles. The highest BCUT2D eigenvalue weighted by atomic mass is 16.6. The van der Waals surface area contributed by atoms with Gasteiger partial charge in [0.15, 0.2) is 0 Å². The second-order valence-electron chi connectivity index (χ2n) is 5.66. The fraction of sp³-hybridized carbons (Fsp3) is 0.562. The third kappa shape index (κ3) is 3.74. The van der Waals surface area contributed by atoms with Gasteiger partial charge in [0, 0.05) is 26.1 Å². The van der Waals surface area contributed by atoms with E-state index >= 15 is 0 Å². The van der Waals surface area contributed by atoms with E-state index in [0.717, 1.165) is 12.0 Å². The Bertz CT molecular complexity index is 465. The minimum Gasteiger partial charge on any atom is -0.442 e. The second-order valence-corrected chi connectivity index (χ2v) is 5.66. The molecule has 116 valence electrons. The molecule has 5 nitrogen and oxygen atoms in total. The predicted molar refractivity (Wildman–Crippen MR) is 78.8 cm³/mol. The van der Waals surface area contributed by atoms with Crippen LogP contribution in [0, 0.1) is 5.92 Å². The standard InChI is InChI=1S/C16H23NO4/c1-20-14-7-8-16(21-15(17)19,13(9-14)11-18)10-12-5-3-2-4-6-12/h2-6,13-14,18H,7-11H2,1H3,(H2,17,19)/t13-,14+,16-/m0/s1. The van der Waals surface area contributed by atoms with E-state index in [4.69, 9.17) is 15.2 Å². The lowest BCUT2D eigenvalue weighted by molar-refractivity contribution is -0.105. The van der Waals surface area contributed by atoms with Gasteiger partial charge in [0.2, 0.25) is 0 Å². The van der Waals surface area contributed by atoms with E-state index < -0.39 is 11.7 Å². The number of carbonyl (C=O) groups is 1. The Morgan fingerprint density at radius 2 is 2.14 bits per heavy atom. The largest absolute Gasteiger partial charge is 0.442 e. The van der Waals surface area contributed by atoms with Gasteiger partial charge in [-0.15, -0.1) is 0 Å². The van der Waals surface area contributed by atoms with E-state index in [1.165, 1.54) is 0 Å². The number of rotatable bonds is 5. The number of aliphatic hydroxyl groups is 1. The van der Waals surface area contributed by atoms with E-state index in [-0.39, 0.29) is 18.6 Å². The summed E-state index contributed by atoms with van der Waals surface area (Å²) in [6.45, 7) is -0.0556. The van der Waals surface area contributed by atoms with Crippen molar-refractivity contribution in [2.45, 2.75) is 37.4 Å². The summed E-state index contributed by atoms with van der Waals surface area (Å²) in [6.07, 6.45) is 1.93. The maximum atomic E-state index is 11.4. The first-order chi connectivity index (χ1) is 10.1. The van der Waals surface area contributed by atoms with Crippen molar-refractivity contribution >= 4 is 6.09 Å². The number of hydrogen-bond donors (Lipinski definition) is 2. The fourth-order valence-electron chi connectivity index (χ4n) is 3.26. The van der Waals surface area contributed by atoms with Crippen LogP contribution in [-0.4, -0.2) is 36.6 Å². The van der Waals surface area contributed by atoms with Crippen molar-refractivity contribution in [3.05, 3.63) is 35.9 Å². The summed E-state index contributed by atoms with van der Waals surface area (Å²) in [4.78, 5) is 11.4. The van der Waals surface area contributed by atoms with Crippen molar-refractivity contribution in [1.82, 2.24) is 0 Å². The normalized spacial score (nSPS) is 29.0. The van der Waals surface area contributed by atoms with Crippen LogP contribution in [0.25, 0.3) is 0 Å². The first kappa shape index (κ1) is 15.8. The number of carbonyl (C=O) groups excluding carboxylic acids is 1. The van der Waals surface area contributed by atoms with Gasteiger partial charge < -0.3 is 20.3 Å². The zero-order valence-corrected chi connectivity index (χ0v) is 12.3. The molecule has 5 heteroatoms. The Balaban J connectivity index is 2.25. The molecular weight excluding hydrogens is 270 g/mol. The van der Waals surface area contributed by atoms with Gasteiger partial charge in [0.25, 0.3) is 0 Å². The molecule has 0 aliphatic heterocycles. The van der Waals surface area contributed by atoms with Crippen molar-refractivity contribution in [2.24, 2.45) is 11.7 Å². The van der Waals surface area contributed by atoms with E-state index in [1.807, 2.05) is 30.3 Å². The molecule has 3 atom stereocenters. The zero-order valence-electron chi connectivity index (χ0n) is 12.3. The minimum atomic E-state index is -0.791. The predicted octanol–water partition coefficient (Wildman–Crippen LogP) is 1.87. The molecule has 1 aromatic carbocycles. The van der Waals surface area contributed by atoms with Crippen molar-refractivity contribution in [3.8, 4) is 0 Å². The van der Waals surface area contributed by atoms with E-state index in [0.29, 0.717) is 19.3 Å². The monoisotopic (exact) mass is 293 g/mol. The summed E-state index contributed by atoms with van der Waals surface area (Å²) in [5, 5.41) is 9.74. The van der Waals surface area contributed by atoms with Gasteiger partial charge in [0.05, 0.1) is 6.10 Å². The van der Waals surface area contributed by atoms with Gasteiger partial charge in [-0.25, -0.2) is 4.79 Å². The Kier molecular flexibility index (Phi) is 5.20. The Morgan fingerprint density at radius 3 is 2.71 bits per heavy atom. The molecule has 2 rings (SSSR count). The lowest BCUT2D eigenvalue weighted by Gasteiger charge is -2.44. The second kappa shape index (κ2) is 6.91. The van der Waals surface area contributed by atoms with Crippen LogP contribution in [0.15, 0.2) is 30.3 Å². The molecule has 0 unspecified atom stereocenters. The van der Waals surface area contributed by atoms with Crippen LogP contribution in [0.5, 0.6) is 0 Å². The summed E-state index contributed by atoms with van der Waals surface area (Å²) in [7, 11) is 1.66. The first-order valence-corrected chi connectivity index (χ1v) is 7.25. The van der Waals surface area contributed by atoms with Crippen LogP contribution >= 0.6 is 0 Å². The SMILES string of the molecule is CO[C@@H]1CC[C@@](Cc2ccccc2)(OC(N)=O)[C@H](CO)C1. The average Bonchev–Trinajstić information content (AvgIpc) is 2.48. The van der Waals surface area contributed by atoms with Crippen molar-refractivity contribution in [2.75, 3.05) is 13.7 Å². The highest BCUT2D eigenvalue weighted by Gasteiger charge is 2.46. The summed E-state index contributed by atoms with van der Waals surface area (Å²) in [5.74, 6) is -0.177. The highest BCUT2D eigenvalue weighted by Crippen LogP contribution is 2.40. The molecule has 0 radical (unpaired) electrons. The molecule has 1 fully saturated rings. The zero-order chi connectivity index (χ0) is 15.3. The Morgan fingerprint density at radius 1 is 1.43 bits per heavy atom. The number of nitrogens with two attached hydrogens (primary N) is 1. The fourth-order valence-corrected chi connectivity index (χ4v) is 3.26. The van der Waals surface area contributed by atoms with Gasteiger partial charge in [-0.05, 0) is 24.8 Å². The Hall–Kier alpha value is -1.59. The Labute approximate surface area is 125 Å². The van der Waals surface area contributed by atoms with Gasteiger partial charge >= 0.3 is 6.09 Å². The minimum absolute atomic E-state index is 0.0556. The molecule has 3 N–H and O–H groups in total. The number of aliphatic hydroxyl groups excluding tert-OH is 1. The van der Waals surface area contributed by atoms with Gasteiger partial charge in [0.1, 0.15) is 5.60 Å². The van der Waals surface area contributed by atoms with Crippen LogP contribution in [0.4, 0.5) is 4.79 Å². The first-order valence-electron chi connectivity index (χ1n) is 7.25. The molecular formula is C16H23NO4. The number of ether oxygens (including phenoxy) is 2. The van der Waals surface area contributed by atoms with Gasteiger partial charge in [-0.3, -0.25) is 0 Å². The molecule has 0 spiro atoms. The van der Waals surface area contributed by atoms with E-state index in [1.54, 1.807) is 7.11 Å². The van der Waals surface area contributed by atoms with Crippen molar-refractivity contribution in [1.29, 1.82) is 0 Å². The molecule has 1 aliphatic rings. The number of primary amides is 1. The van der Waals surface area contributed by atoms with E-state index in [9.17, 15) is 9.90 Å². The summed E-state index contributed by atoms with van der Waals surface area (Å²) in [5.41, 5.74) is 5.58. The third-order valence-corrected chi connectivity index (χ3v) is 4.38. The molecule has 0 saturated heterocycles. The summed E-state index contributed by atoms with van der Waals surface area (Å²) >= 11 is 0. The van der Waals surface area contributed by atoms with Gasteiger partial charge in [-0.1, -0.05) is 30.3 Å². The quantitative estimate of drug-likeness (QED) is 0.868. The maximum Gasteiger partial charge on any atom is 0.405 e. The molecule has 1 amide bonds. The van der Waals surface area contributed by atoms with Crippen LogP contribution < -0.4 is 5.73 Å². The van der Waals surface area contributed by atoms with Crippen LogP contribution in [0.3, 0.4) is 0 Å². The number of hydrogen-bond acceptors (Lipinski definition) is 4.